The van der Waals surface area contributed by atoms with Crippen LogP contribution in [0.25, 0.3) is 11.3 Å². The topological polar surface area (TPSA) is 38.7 Å². The Labute approximate surface area is 96.7 Å². The van der Waals surface area contributed by atoms with Gasteiger partial charge in [-0.15, -0.1) is 0 Å². The van der Waals surface area contributed by atoms with E-state index in [9.17, 15) is 0 Å². The summed E-state index contributed by atoms with van der Waals surface area (Å²) in [5.74, 6) is 0.844. The fourth-order valence-corrected chi connectivity index (χ4v) is 1.71. The fourth-order valence-electron chi connectivity index (χ4n) is 1.29. The fraction of sp³-hybridized carbons (Fsp3) is 0.182. The summed E-state index contributed by atoms with van der Waals surface area (Å²) in [5, 5.41) is 0. The molecule has 2 heterocycles. The van der Waals surface area contributed by atoms with Crippen LogP contribution in [-0.4, -0.2) is 15.0 Å². The molecule has 3 nitrogen and oxygen atoms in total. The molecule has 0 aliphatic rings. The van der Waals surface area contributed by atoms with E-state index in [1.807, 2.05) is 25.1 Å². The van der Waals surface area contributed by atoms with Crippen molar-refractivity contribution in [1.29, 1.82) is 0 Å². The van der Waals surface area contributed by atoms with Crippen molar-refractivity contribution >= 4 is 15.9 Å². The zero-order valence-electron chi connectivity index (χ0n) is 8.31. The molecule has 0 aliphatic carbocycles. The molecule has 0 aromatic carbocycles. The Morgan fingerprint density at radius 2 is 1.93 bits per heavy atom. The Hall–Kier alpha value is -1.29. The maximum absolute atomic E-state index is 4.45. The summed E-state index contributed by atoms with van der Waals surface area (Å²) in [6, 6.07) is 5.79. The minimum absolute atomic E-state index is 0.821. The van der Waals surface area contributed by atoms with E-state index in [4.69, 9.17) is 0 Å². The van der Waals surface area contributed by atoms with Crippen molar-refractivity contribution in [3.05, 3.63) is 41.0 Å². The van der Waals surface area contributed by atoms with Gasteiger partial charge in [0.2, 0.25) is 0 Å². The van der Waals surface area contributed by atoms with Gasteiger partial charge in [0.05, 0.1) is 5.69 Å². The summed E-state index contributed by atoms with van der Waals surface area (Å²) >= 11 is 3.38. The van der Waals surface area contributed by atoms with E-state index in [1.54, 1.807) is 12.4 Å². The van der Waals surface area contributed by atoms with Crippen LogP contribution in [0.5, 0.6) is 0 Å². The third-order valence-corrected chi connectivity index (χ3v) is 2.44. The molecule has 15 heavy (non-hydrogen) atoms. The van der Waals surface area contributed by atoms with Crippen LogP contribution in [0.15, 0.2) is 35.2 Å². The van der Waals surface area contributed by atoms with E-state index in [0.29, 0.717) is 0 Å². The maximum Gasteiger partial charge on any atom is 0.130 e. The lowest BCUT2D eigenvalue weighted by Crippen LogP contribution is -1.95. The molecule has 0 bridgehead atoms. The van der Waals surface area contributed by atoms with Gasteiger partial charge in [0.1, 0.15) is 10.4 Å². The number of pyridine rings is 1. The van der Waals surface area contributed by atoms with Gasteiger partial charge in [0.25, 0.3) is 0 Å². The molecule has 4 heteroatoms. The van der Waals surface area contributed by atoms with E-state index in [-0.39, 0.29) is 0 Å². The highest BCUT2D eigenvalue weighted by molar-refractivity contribution is 9.10. The van der Waals surface area contributed by atoms with Crippen LogP contribution in [0.4, 0.5) is 0 Å². The van der Waals surface area contributed by atoms with Gasteiger partial charge in [0.15, 0.2) is 0 Å². The molecule has 2 rings (SSSR count). The number of rotatable bonds is 2. The number of hydrogen-bond acceptors (Lipinski definition) is 3. The van der Waals surface area contributed by atoms with Gasteiger partial charge in [0, 0.05) is 24.4 Å². The summed E-state index contributed by atoms with van der Waals surface area (Å²) in [4.78, 5) is 12.7. The van der Waals surface area contributed by atoms with Crippen LogP contribution in [-0.2, 0) is 6.42 Å². The van der Waals surface area contributed by atoms with E-state index in [0.717, 1.165) is 28.1 Å². The normalized spacial score (nSPS) is 10.3. The van der Waals surface area contributed by atoms with Gasteiger partial charge in [-0.25, -0.2) is 9.97 Å². The molecule has 0 saturated carbocycles. The summed E-state index contributed by atoms with van der Waals surface area (Å²) < 4.78 is 0.821. The monoisotopic (exact) mass is 263 g/mol. The van der Waals surface area contributed by atoms with Crippen molar-refractivity contribution < 1.29 is 0 Å². The van der Waals surface area contributed by atoms with Crippen LogP contribution in [0.1, 0.15) is 12.7 Å². The number of nitrogens with zero attached hydrogens (tertiary/aromatic N) is 3. The molecular formula is C11H10BrN3. The maximum atomic E-state index is 4.45. The summed E-state index contributed by atoms with van der Waals surface area (Å²) in [7, 11) is 0. The smallest absolute Gasteiger partial charge is 0.130 e. The molecular weight excluding hydrogens is 254 g/mol. The molecule has 0 aliphatic heterocycles. The van der Waals surface area contributed by atoms with E-state index in [2.05, 4.69) is 30.9 Å². The van der Waals surface area contributed by atoms with Crippen LogP contribution in [0, 0.1) is 0 Å². The van der Waals surface area contributed by atoms with Gasteiger partial charge >= 0.3 is 0 Å². The van der Waals surface area contributed by atoms with E-state index >= 15 is 0 Å². The highest BCUT2D eigenvalue weighted by atomic mass is 79.9. The van der Waals surface area contributed by atoms with Gasteiger partial charge in [-0.2, -0.15) is 0 Å². The van der Waals surface area contributed by atoms with Crippen molar-refractivity contribution in [2.45, 2.75) is 13.3 Å². The third kappa shape index (κ3) is 2.39. The average Bonchev–Trinajstić information content (AvgIpc) is 2.29. The Balaban J connectivity index is 2.49. The Morgan fingerprint density at radius 1 is 1.20 bits per heavy atom. The van der Waals surface area contributed by atoms with Crippen LogP contribution in [0.2, 0.25) is 0 Å². The average molecular weight is 264 g/mol. The molecule has 2 aromatic rings. The molecule has 0 saturated heterocycles. The summed E-state index contributed by atoms with van der Waals surface area (Å²) in [6.07, 6.45) is 4.35. The van der Waals surface area contributed by atoms with E-state index < -0.39 is 0 Å². The number of halogens is 1. The second-order valence-electron chi connectivity index (χ2n) is 3.08. The standard InChI is InChI=1S/C11H10BrN3/c1-2-11-14-9(7-10(12)15-11)8-3-5-13-6-4-8/h3-7H,2H2,1H3. The number of aryl methyl sites for hydroxylation is 1. The first kappa shape index (κ1) is 10.2. The van der Waals surface area contributed by atoms with Gasteiger partial charge in [-0.05, 0) is 34.1 Å². The third-order valence-electron chi connectivity index (χ3n) is 2.03. The number of hydrogen-bond donors (Lipinski definition) is 0. The minimum Gasteiger partial charge on any atom is -0.265 e. The van der Waals surface area contributed by atoms with Crippen molar-refractivity contribution in [3.63, 3.8) is 0 Å². The largest absolute Gasteiger partial charge is 0.265 e. The van der Waals surface area contributed by atoms with Gasteiger partial charge in [-0.3, -0.25) is 4.98 Å². The molecule has 0 unspecified atom stereocenters. The van der Waals surface area contributed by atoms with Gasteiger partial charge < -0.3 is 0 Å². The van der Waals surface area contributed by atoms with Crippen molar-refractivity contribution in [3.8, 4) is 11.3 Å². The first-order chi connectivity index (χ1) is 7.29. The minimum atomic E-state index is 0.821. The zero-order valence-corrected chi connectivity index (χ0v) is 9.90. The zero-order chi connectivity index (χ0) is 10.7. The molecule has 0 amide bonds. The van der Waals surface area contributed by atoms with Crippen molar-refractivity contribution in [2.75, 3.05) is 0 Å². The second kappa shape index (κ2) is 4.49. The Kier molecular flexibility index (Phi) is 3.06. The number of aromatic nitrogens is 3. The quantitative estimate of drug-likeness (QED) is 0.783. The lowest BCUT2D eigenvalue weighted by Gasteiger charge is -2.03. The van der Waals surface area contributed by atoms with Crippen LogP contribution < -0.4 is 0 Å². The molecule has 0 spiro atoms. The predicted molar refractivity (Wildman–Crippen MR) is 62.3 cm³/mol. The Bertz CT molecular complexity index is 457. The van der Waals surface area contributed by atoms with Crippen molar-refractivity contribution in [2.24, 2.45) is 0 Å². The highest BCUT2D eigenvalue weighted by Gasteiger charge is 2.03. The lowest BCUT2D eigenvalue weighted by molar-refractivity contribution is 0.931. The molecule has 0 fully saturated rings. The second-order valence-corrected chi connectivity index (χ2v) is 3.89. The lowest BCUT2D eigenvalue weighted by atomic mass is 10.2. The van der Waals surface area contributed by atoms with Crippen molar-refractivity contribution in [1.82, 2.24) is 15.0 Å². The molecule has 2 aromatic heterocycles. The van der Waals surface area contributed by atoms with Gasteiger partial charge in [-0.1, -0.05) is 6.92 Å². The van der Waals surface area contributed by atoms with Crippen LogP contribution >= 0.6 is 15.9 Å². The first-order valence-electron chi connectivity index (χ1n) is 4.73. The summed E-state index contributed by atoms with van der Waals surface area (Å²) in [5.41, 5.74) is 1.99. The molecule has 0 atom stereocenters. The highest BCUT2D eigenvalue weighted by Crippen LogP contribution is 2.19. The first-order valence-corrected chi connectivity index (χ1v) is 5.52. The predicted octanol–water partition coefficient (Wildman–Crippen LogP) is 2.86. The SMILES string of the molecule is CCc1nc(Br)cc(-c2ccncc2)n1. The van der Waals surface area contributed by atoms with Crippen LogP contribution in [0.3, 0.4) is 0 Å². The van der Waals surface area contributed by atoms with E-state index in [1.165, 1.54) is 0 Å². The molecule has 0 N–H and O–H groups in total. The molecule has 0 radical (unpaired) electrons. The summed E-state index contributed by atoms with van der Waals surface area (Å²) in [6.45, 7) is 2.04. The molecule has 76 valence electrons. The Morgan fingerprint density at radius 3 is 2.60 bits per heavy atom.